The Morgan fingerprint density at radius 1 is 1.03 bits per heavy atom. The minimum atomic E-state index is -0.364. The number of nitrogens with one attached hydrogen (secondary N) is 1. The van der Waals surface area contributed by atoms with Crippen molar-refractivity contribution < 1.29 is 9.53 Å². The number of thioether (sulfide) groups is 1. The summed E-state index contributed by atoms with van der Waals surface area (Å²) in [6, 6.07) is 19.2. The highest BCUT2D eigenvalue weighted by Crippen LogP contribution is 2.27. The lowest BCUT2D eigenvalue weighted by atomic mass is 10.1. The lowest BCUT2D eigenvalue weighted by Gasteiger charge is -2.15. The molecule has 0 aliphatic carbocycles. The molecule has 2 aromatic heterocycles. The third-order valence-corrected chi connectivity index (χ3v) is 6.47. The molecule has 8 heteroatoms. The second-order valence-corrected chi connectivity index (χ2v) is 9.77. The predicted molar refractivity (Wildman–Crippen MR) is 136 cm³/mol. The van der Waals surface area contributed by atoms with E-state index < -0.39 is 0 Å². The maximum absolute atomic E-state index is 13.0. The fraction of sp³-hybridized carbons (Fsp3) is 0.308. The Balaban J connectivity index is 1.47. The number of amides is 1. The van der Waals surface area contributed by atoms with Crippen molar-refractivity contribution in [3.63, 3.8) is 0 Å². The number of fused-ring (bicyclic) bond motifs is 1. The summed E-state index contributed by atoms with van der Waals surface area (Å²) < 4.78 is 7.98. The normalized spacial score (nSPS) is 12.1. The molecule has 1 amide bonds. The van der Waals surface area contributed by atoms with Gasteiger partial charge in [0.15, 0.2) is 11.0 Å². The first-order chi connectivity index (χ1) is 16.5. The van der Waals surface area contributed by atoms with Crippen molar-refractivity contribution >= 4 is 34.3 Å². The number of carbonyl (C=O) groups excluding carboxylic acids is 1. The number of nitrogens with zero attached hydrogens (tertiary/aromatic N) is 4. The molecular weight excluding hydrogens is 446 g/mol. The van der Waals surface area contributed by atoms with Gasteiger partial charge in [0.2, 0.25) is 5.91 Å². The van der Waals surface area contributed by atoms with Crippen molar-refractivity contribution in [2.24, 2.45) is 5.92 Å². The number of aromatic nitrogens is 4. The maximum Gasteiger partial charge on any atom is 0.237 e. The van der Waals surface area contributed by atoms with Gasteiger partial charge in [-0.1, -0.05) is 49.9 Å². The number of hydrogen-bond donors (Lipinski definition) is 1. The maximum atomic E-state index is 13.0. The van der Waals surface area contributed by atoms with Gasteiger partial charge in [-0.25, -0.2) is 0 Å². The Hall–Kier alpha value is -3.39. The van der Waals surface area contributed by atoms with E-state index in [1.165, 1.54) is 11.8 Å². The first-order valence-electron chi connectivity index (χ1n) is 11.4. The van der Waals surface area contributed by atoms with E-state index >= 15 is 0 Å². The van der Waals surface area contributed by atoms with Gasteiger partial charge in [0.1, 0.15) is 12.4 Å². The highest BCUT2D eigenvalue weighted by Gasteiger charge is 2.21. The van der Waals surface area contributed by atoms with Crippen molar-refractivity contribution in [2.75, 3.05) is 5.32 Å². The zero-order valence-electron chi connectivity index (χ0n) is 19.6. The molecule has 0 spiro atoms. The van der Waals surface area contributed by atoms with E-state index in [0.717, 1.165) is 46.3 Å². The van der Waals surface area contributed by atoms with E-state index in [2.05, 4.69) is 38.9 Å². The number of anilines is 1. The number of ether oxygens (including phenoxy) is 1. The molecule has 0 aliphatic heterocycles. The number of hydrogen-bond acceptors (Lipinski definition) is 6. The fourth-order valence-corrected chi connectivity index (χ4v) is 4.34. The van der Waals surface area contributed by atoms with Crippen molar-refractivity contribution in [3.8, 4) is 5.75 Å². The molecule has 34 heavy (non-hydrogen) atoms. The number of benzene rings is 2. The van der Waals surface area contributed by atoms with Crippen molar-refractivity contribution in [2.45, 2.75) is 50.8 Å². The number of pyridine rings is 1. The Kier molecular flexibility index (Phi) is 7.80. The summed E-state index contributed by atoms with van der Waals surface area (Å²) >= 11 is 1.40. The van der Waals surface area contributed by atoms with Crippen LogP contribution in [0.4, 0.5) is 5.69 Å². The van der Waals surface area contributed by atoms with Crippen LogP contribution in [0.15, 0.2) is 72.0 Å². The van der Waals surface area contributed by atoms with Gasteiger partial charge in [0.05, 0.1) is 16.5 Å². The zero-order valence-corrected chi connectivity index (χ0v) is 20.5. The lowest BCUT2D eigenvalue weighted by Crippen LogP contribution is -2.23. The van der Waals surface area contributed by atoms with Crippen LogP contribution in [0.5, 0.6) is 5.75 Å². The predicted octanol–water partition coefficient (Wildman–Crippen LogP) is 5.57. The molecule has 1 atom stereocenters. The summed E-state index contributed by atoms with van der Waals surface area (Å²) in [6.07, 6.45) is 2.73. The van der Waals surface area contributed by atoms with Crippen LogP contribution in [-0.4, -0.2) is 30.9 Å². The van der Waals surface area contributed by atoms with Crippen LogP contribution in [0, 0.1) is 5.92 Å². The van der Waals surface area contributed by atoms with E-state index in [9.17, 15) is 4.79 Å². The van der Waals surface area contributed by atoms with Gasteiger partial charge in [-0.15, -0.1) is 10.2 Å². The van der Waals surface area contributed by atoms with Crippen molar-refractivity contribution in [3.05, 3.63) is 72.7 Å². The highest BCUT2D eigenvalue weighted by molar-refractivity contribution is 8.00. The first-order valence-corrected chi connectivity index (χ1v) is 12.3. The van der Waals surface area contributed by atoms with Crippen LogP contribution >= 0.6 is 11.8 Å². The number of rotatable bonds is 10. The molecular formula is C26H29N5O2S. The standard InChI is InChI=1S/C26H29N5O2S/c1-18(2)14-16-31-24(17-33-20-9-5-4-6-10-20)29-30-26(31)34-19(3)25(32)28-23-13-7-12-22-21(23)11-8-15-27-22/h4-13,15,18-19H,14,16-17H2,1-3H3,(H,28,32). The largest absolute Gasteiger partial charge is 0.486 e. The quantitative estimate of drug-likeness (QED) is 0.302. The molecule has 4 rings (SSSR count). The summed E-state index contributed by atoms with van der Waals surface area (Å²) in [5.41, 5.74) is 1.60. The second kappa shape index (κ2) is 11.2. The second-order valence-electron chi connectivity index (χ2n) is 8.46. The molecule has 0 saturated carbocycles. The molecule has 0 fully saturated rings. The highest BCUT2D eigenvalue weighted by atomic mass is 32.2. The SMILES string of the molecule is CC(C)CCn1c(COc2ccccc2)nnc1SC(C)C(=O)Nc1cccc2ncccc12. The first kappa shape index (κ1) is 23.8. The topological polar surface area (TPSA) is 81.9 Å². The zero-order chi connectivity index (χ0) is 23.9. The third kappa shape index (κ3) is 5.94. The van der Waals surface area contributed by atoms with Crippen LogP contribution in [0.2, 0.25) is 0 Å². The van der Waals surface area contributed by atoms with Gasteiger partial charge in [0.25, 0.3) is 0 Å². The molecule has 2 aromatic carbocycles. The van der Waals surface area contributed by atoms with Gasteiger partial charge in [-0.2, -0.15) is 0 Å². The Morgan fingerprint density at radius 3 is 2.65 bits per heavy atom. The van der Waals surface area contributed by atoms with Crippen molar-refractivity contribution in [1.29, 1.82) is 0 Å². The smallest absolute Gasteiger partial charge is 0.237 e. The average Bonchev–Trinajstić information content (AvgIpc) is 3.23. The Bertz CT molecular complexity index is 1240. The summed E-state index contributed by atoms with van der Waals surface area (Å²) in [5, 5.41) is 13.1. The summed E-state index contributed by atoms with van der Waals surface area (Å²) in [6.45, 7) is 7.34. The van der Waals surface area contributed by atoms with E-state index in [-0.39, 0.29) is 11.2 Å². The molecule has 7 nitrogen and oxygen atoms in total. The van der Waals surface area contributed by atoms with Gasteiger partial charge in [-0.05, 0) is 55.7 Å². The lowest BCUT2D eigenvalue weighted by molar-refractivity contribution is -0.115. The van der Waals surface area contributed by atoms with Crippen LogP contribution in [0.25, 0.3) is 10.9 Å². The molecule has 176 valence electrons. The van der Waals surface area contributed by atoms with E-state index in [4.69, 9.17) is 4.74 Å². The molecule has 0 radical (unpaired) electrons. The summed E-state index contributed by atoms with van der Waals surface area (Å²) in [5.74, 6) is 1.97. The molecule has 4 aromatic rings. The molecule has 0 saturated heterocycles. The van der Waals surface area contributed by atoms with E-state index in [0.29, 0.717) is 12.5 Å². The molecule has 1 N–H and O–H groups in total. The van der Waals surface area contributed by atoms with E-state index in [1.54, 1.807) is 6.20 Å². The Morgan fingerprint density at radius 2 is 1.85 bits per heavy atom. The van der Waals surface area contributed by atoms with Crippen LogP contribution < -0.4 is 10.1 Å². The molecule has 2 heterocycles. The summed E-state index contributed by atoms with van der Waals surface area (Å²) in [4.78, 5) is 17.4. The molecule has 0 aliphatic rings. The molecule has 1 unspecified atom stereocenters. The van der Waals surface area contributed by atoms with Gasteiger partial charge in [0, 0.05) is 18.1 Å². The number of carbonyl (C=O) groups is 1. The van der Waals surface area contributed by atoms with Gasteiger partial charge in [-0.3, -0.25) is 9.78 Å². The Labute approximate surface area is 204 Å². The number of para-hydroxylation sites is 1. The van der Waals surface area contributed by atoms with Crippen LogP contribution in [0.1, 0.15) is 33.0 Å². The van der Waals surface area contributed by atoms with Gasteiger partial charge >= 0.3 is 0 Å². The average molecular weight is 476 g/mol. The summed E-state index contributed by atoms with van der Waals surface area (Å²) in [7, 11) is 0. The van der Waals surface area contributed by atoms with Gasteiger partial charge < -0.3 is 14.6 Å². The van der Waals surface area contributed by atoms with Crippen LogP contribution in [0.3, 0.4) is 0 Å². The fourth-order valence-electron chi connectivity index (χ4n) is 3.45. The van der Waals surface area contributed by atoms with E-state index in [1.807, 2.05) is 67.6 Å². The van der Waals surface area contributed by atoms with Crippen molar-refractivity contribution in [1.82, 2.24) is 19.7 Å². The van der Waals surface area contributed by atoms with Crippen LogP contribution in [-0.2, 0) is 17.9 Å². The molecule has 0 bridgehead atoms. The minimum Gasteiger partial charge on any atom is -0.486 e. The monoisotopic (exact) mass is 475 g/mol. The third-order valence-electron chi connectivity index (χ3n) is 5.39. The minimum absolute atomic E-state index is 0.0955.